The van der Waals surface area contributed by atoms with E-state index in [9.17, 15) is 9.59 Å². The van der Waals surface area contributed by atoms with E-state index in [0.717, 1.165) is 18.2 Å². The van der Waals surface area contributed by atoms with Gasteiger partial charge in [-0.1, -0.05) is 23.5 Å². The highest BCUT2D eigenvalue weighted by Gasteiger charge is 2.21. The molecule has 0 saturated carbocycles. The molecule has 0 spiro atoms. The van der Waals surface area contributed by atoms with Crippen LogP contribution in [0.25, 0.3) is 11.0 Å². The fourth-order valence-electron chi connectivity index (χ4n) is 2.78. The first-order valence-corrected chi connectivity index (χ1v) is 9.56. The number of nitrogens with zero attached hydrogens (tertiary/aromatic N) is 4. The Kier molecular flexibility index (Phi) is 5.13. The lowest BCUT2D eigenvalue weighted by molar-refractivity contribution is 0.0845. The van der Waals surface area contributed by atoms with Crippen LogP contribution < -0.4 is 15.8 Å². The number of amides is 2. The molecule has 1 saturated heterocycles. The molecule has 2 aromatic heterocycles. The van der Waals surface area contributed by atoms with Crippen molar-refractivity contribution in [1.29, 1.82) is 0 Å². The number of thiazole rings is 1. The van der Waals surface area contributed by atoms with Crippen molar-refractivity contribution in [1.82, 2.24) is 25.8 Å². The van der Waals surface area contributed by atoms with Crippen LogP contribution in [-0.4, -0.2) is 53.1 Å². The molecule has 0 bridgehead atoms. The number of hydrogen-bond acceptors (Lipinski definition) is 8. The first-order chi connectivity index (χ1) is 13.6. The summed E-state index contributed by atoms with van der Waals surface area (Å²) in [5.41, 5.74) is 6.84. The highest BCUT2D eigenvalue weighted by atomic mass is 32.1. The lowest BCUT2D eigenvalue weighted by Crippen LogP contribution is -2.42. The number of fused-ring (bicyclic) bond motifs is 1. The summed E-state index contributed by atoms with van der Waals surface area (Å²) in [6.07, 6.45) is 1.37. The van der Waals surface area contributed by atoms with Crippen molar-refractivity contribution < 1.29 is 14.3 Å². The first-order valence-electron chi connectivity index (χ1n) is 8.74. The Balaban J connectivity index is 1.42. The summed E-state index contributed by atoms with van der Waals surface area (Å²) < 4.78 is 5.34. The molecule has 1 aromatic carbocycles. The van der Waals surface area contributed by atoms with Crippen LogP contribution in [0.4, 0.5) is 5.13 Å². The molecule has 3 heterocycles. The van der Waals surface area contributed by atoms with Gasteiger partial charge in [0.15, 0.2) is 5.13 Å². The van der Waals surface area contributed by atoms with Gasteiger partial charge in [-0.3, -0.25) is 25.4 Å². The van der Waals surface area contributed by atoms with Crippen molar-refractivity contribution in [2.24, 2.45) is 0 Å². The van der Waals surface area contributed by atoms with E-state index < -0.39 is 11.8 Å². The molecule has 3 aromatic rings. The summed E-state index contributed by atoms with van der Waals surface area (Å²) in [6.45, 7) is 4.54. The monoisotopic (exact) mass is 398 g/mol. The van der Waals surface area contributed by atoms with Gasteiger partial charge in [-0.15, -0.1) is 0 Å². The third kappa shape index (κ3) is 3.78. The van der Waals surface area contributed by atoms with E-state index in [0.29, 0.717) is 34.8 Å². The minimum Gasteiger partial charge on any atom is -0.378 e. The van der Waals surface area contributed by atoms with Crippen LogP contribution >= 0.6 is 11.3 Å². The molecule has 1 aliphatic heterocycles. The molecule has 9 nitrogen and oxygen atoms in total. The minimum atomic E-state index is -0.540. The number of benzene rings is 1. The van der Waals surface area contributed by atoms with Gasteiger partial charge in [0.25, 0.3) is 11.8 Å². The van der Waals surface area contributed by atoms with Gasteiger partial charge in [0, 0.05) is 13.1 Å². The number of nitrogens with one attached hydrogen (secondary N) is 2. The van der Waals surface area contributed by atoms with Crippen molar-refractivity contribution in [3.05, 3.63) is 46.7 Å². The van der Waals surface area contributed by atoms with Crippen LogP contribution in [0.5, 0.6) is 0 Å². The van der Waals surface area contributed by atoms with Gasteiger partial charge in [0.1, 0.15) is 10.6 Å². The lowest BCUT2D eigenvalue weighted by Gasteiger charge is -2.25. The summed E-state index contributed by atoms with van der Waals surface area (Å²) >= 11 is 1.29. The van der Waals surface area contributed by atoms with Crippen LogP contribution in [0, 0.1) is 6.92 Å². The van der Waals surface area contributed by atoms with Gasteiger partial charge < -0.3 is 9.64 Å². The van der Waals surface area contributed by atoms with Crippen molar-refractivity contribution >= 4 is 39.3 Å². The summed E-state index contributed by atoms with van der Waals surface area (Å²) in [7, 11) is 0. The molecule has 28 heavy (non-hydrogen) atoms. The number of ether oxygens (including phenoxy) is 1. The molecule has 0 aliphatic carbocycles. The number of carbonyl (C=O) groups excluding carboxylic acids is 2. The zero-order valence-corrected chi connectivity index (χ0v) is 16.0. The summed E-state index contributed by atoms with van der Waals surface area (Å²) in [5, 5.41) is 0.776. The molecule has 0 unspecified atom stereocenters. The Labute approximate surface area is 164 Å². The highest BCUT2D eigenvalue weighted by Crippen LogP contribution is 2.26. The molecule has 1 aliphatic rings. The van der Waals surface area contributed by atoms with Crippen molar-refractivity contribution in [2.75, 3.05) is 31.2 Å². The fourth-order valence-corrected chi connectivity index (χ4v) is 3.80. The van der Waals surface area contributed by atoms with E-state index in [1.165, 1.54) is 17.5 Å². The zero-order chi connectivity index (χ0) is 19.5. The standard InChI is InChI=1S/C18H18N6O3S/c1-11-15(28-18(20-11)24-6-8-27-9-7-24)17(26)23-22-16(25)14-10-19-12-4-2-3-5-13(12)21-14/h2-5,10H,6-9H2,1H3,(H,22,25)(H,23,26). The topological polar surface area (TPSA) is 109 Å². The molecule has 10 heteroatoms. The van der Waals surface area contributed by atoms with Crippen molar-refractivity contribution in [3.8, 4) is 0 Å². The van der Waals surface area contributed by atoms with Gasteiger partial charge in [-0.2, -0.15) is 0 Å². The molecule has 0 atom stereocenters. The maximum Gasteiger partial charge on any atom is 0.289 e. The summed E-state index contributed by atoms with van der Waals surface area (Å²) in [5.74, 6) is -0.959. The van der Waals surface area contributed by atoms with Gasteiger partial charge in [-0.25, -0.2) is 9.97 Å². The first kappa shape index (κ1) is 18.3. The Bertz CT molecular complexity index is 1030. The fraction of sp³-hybridized carbons (Fsp3) is 0.278. The van der Waals surface area contributed by atoms with Crippen LogP contribution in [0.15, 0.2) is 30.5 Å². The Morgan fingerprint density at radius 3 is 2.57 bits per heavy atom. The maximum absolute atomic E-state index is 12.5. The van der Waals surface area contributed by atoms with E-state index in [1.807, 2.05) is 18.2 Å². The second-order valence-corrected chi connectivity index (χ2v) is 7.14. The zero-order valence-electron chi connectivity index (χ0n) is 15.1. The molecule has 144 valence electrons. The number of hydrazine groups is 1. The molecule has 0 radical (unpaired) electrons. The third-order valence-electron chi connectivity index (χ3n) is 4.24. The van der Waals surface area contributed by atoms with E-state index in [2.05, 4.69) is 30.7 Å². The molecular weight excluding hydrogens is 380 g/mol. The van der Waals surface area contributed by atoms with E-state index in [4.69, 9.17) is 4.74 Å². The maximum atomic E-state index is 12.5. The minimum absolute atomic E-state index is 0.119. The normalized spacial score (nSPS) is 14.1. The number of para-hydroxylation sites is 2. The summed E-state index contributed by atoms with van der Waals surface area (Å²) in [6, 6.07) is 7.24. The van der Waals surface area contributed by atoms with Crippen LogP contribution in [0.3, 0.4) is 0 Å². The van der Waals surface area contributed by atoms with Gasteiger partial charge in [-0.05, 0) is 19.1 Å². The largest absolute Gasteiger partial charge is 0.378 e. The second-order valence-electron chi connectivity index (χ2n) is 6.16. The molecule has 1 fully saturated rings. The number of anilines is 1. The Morgan fingerprint density at radius 2 is 1.79 bits per heavy atom. The number of carbonyl (C=O) groups is 2. The highest BCUT2D eigenvalue weighted by molar-refractivity contribution is 7.17. The number of aromatic nitrogens is 3. The average Bonchev–Trinajstić information content (AvgIpc) is 3.14. The SMILES string of the molecule is Cc1nc(N2CCOCC2)sc1C(=O)NNC(=O)c1cnc2ccccc2n1. The Hall–Kier alpha value is -3.11. The molecule has 4 rings (SSSR count). The number of morpholine rings is 1. The lowest BCUT2D eigenvalue weighted by atomic mass is 10.3. The third-order valence-corrected chi connectivity index (χ3v) is 5.46. The predicted octanol–water partition coefficient (Wildman–Crippen LogP) is 1.31. The smallest absolute Gasteiger partial charge is 0.289 e. The molecule has 2 amide bonds. The van der Waals surface area contributed by atoms with Gasteiger partial charge in [0.05, 0.1) is 36.1 Å². The second kappa shape index (κ2) is 7.87. The van der Waals surface area contributed by atoms with Crippen LogP contribution in [-0.2, 0) is 4.74 Å². The number of hydrogen-bond donors (Lipinski definition) is 2. The number of rotatable bonds is 3. The van der Waals surface area contributed by atoms with E-state index >= 15 is 0 Å². The van der Waals surface area contributed by atoms with Crippen LogP contribution in [0.2, 0.25) is 0 Å². The van der Waals surface area contributed by atoms with Gasteiger partial charge in [0.2, 0.25) is 0 Å². The van der Waals surface area contributed by atoms with E-state index in [1.54, 1.807) is 13.0 Å². The Morgan fingerprint density at radius 1 is 1.07 bits per heavy atom. The summed E-state index contributed by atoms with van der Waals surface area (Å²) in [4.78, 5) is 40.2. The molecular formula is C18H18N6O3S. The number of aryl methyl sites for hydroxylation is 1. The van der Waals surface area contributed by atoms with Crippen molar-refractivity contribution in [2.45, 2.75) is 6.92 Å². The average molecular weight is 398 g/mol. The van der Waals surface area contributed by atoms with Crippen LogP contribution in [0.1, 0.15) is 25.9 Å². The van der Waals surface area contributed by atoms with E-state index in [-0.39, 0.29) is 5.69 Å². The van der Waals surface area contributed by atoms with Gasteiger partial charge >= 0.3 is 0 Å². The van der Waals surface area contributed by atoms with Crippen molar-refractivity contribution in [3.63, 3.8) is 0 Å². The molecule has 2 N–H and O–H groups in total. The quantitative estimate of drug-likeness (QED) is 0.640. The predicted molar refractivity (Wildman–Crippen MR) is 104 cm³/mol.